The minimum Gasteiger partial charge on any atom is -0.214 e. The van der Waals surface area contributed by atoms with Gasteiger partial charge < -0.3 is 0 Å². The van der Waals surface area contributed by atoms with Crippen LogP contribution in [0.25, 0.3) is 0 Å². The summed E-state index contributed by atoms with van der Waals surface area (Å²) in [4.78, 5) is 3.96. The fourth-order valence-corrected chi connectivity index (χ4v) is 0.926. The summed E-state index contributed by atoms with van der Waals surface area (Å²) in [6.07, 6.45) is 5.91. The third-order valence-electron chi connectivity index (χ3n) is 1.63. The largest absolute Gasteiger partial charge is 0.214 e. The van der Waals surface area contributed by atoms with E-state index in [0.717, 1.165) is 0 Å². The van der Waals surface area contributed by atoms with Crippen molar-refractivity contribution in [1.82, 2.24) is 0 Å². The average Bonchev–Trinajstić information content (AvgIpc) is 2.13. The van der Waals surface area contributed by atoms with Crippen molar-refractivity contribution in [2.24, 2.45) is 10.9 Å². The van der Waals surface area contributed by atoms with E-state index in [4.69, 9.17) is 0 Å². The minimum absolute atomic E-state index is 0.555. The summed E-state index contributed by atoms with van der Waals surface area (Å²) in [6, 6.07) is 0. The van der Waals surface area contributed by atoms with Crippen LogP contribution in [0.5, 0.6) is 0 Å². The zero-order chi connectivity index (χ0) is 8.27. The maximum Gasteiger partial charge on any atom is 0.0397 e. The van der Waals surface area contributed by atoms with Gasteiger partial charge in [0.1, 0.15) is 0 Å². The molecule has 0 saturated carbocycles. The van der Waals surface area contributed by atoms with Crippen molar-refractivity contribution in [3.63, 3.8) is 0 Å². The van der Waals surface area contributed by atoms with Gasteiger partial charge in [0.15, 0.2) is 0 Å². The Morgan fingerprint density at radius 1 is 1.45 bits per heavy atom. The summed E-state index contributed by atoms with van der Waals surface area (Å²) in [5.74, 6) is 3.42. The van der Waals surface area contributed by atoms with Gasteiger partial charge in [-0.25, -0.2) is 4.99 Å². The highest BCUT2D eigenvalue weighted by Crippen LogP contribution is 2.14. The molecule has 58 valence electrons. The lowest BCUT2D eigenvalue weighted by molar-refractivity contribution is 0.792. The van der Waals surface area contributed by atoms with Crippen LogP contribution in [-0.4, -0.2) is 5.87 Å². The van der Waals surface area contributed by atoms with Crippen molar-refractivity contribution in [3.05, 3.63) is 29.5 Å². The SMILES string of the molecule is CC1=CN=C=CC(C(C)C)=C1. The van der Waals surface area contributed by atoms with E-state index in [0.29, 0.717) is 5.92 Å². The van der Waals surface area contributed by atoms with Gasteiger partial charge >= 0.3 is 0 Å². The van der Waals surface area contributed by atoms with Gasteiger partial charge in [-0.1, -0.05) is 19.9 Å². The van der Waals surface area contributed by atoms with Gasteiger partial charge in [-0.2, -0.15) is 0 Å². The Kier molecular flexibility index (Phi) is 2.45. The molecule has 0 saturated heterocycles. The van der Waals surface area contributed by atoms with Crippen LogP contribution in [0.1, 0.15) is 20.8 Å². The molecule has 0 unspecified atom stereocenters. The van der Waals surface area contributed by atoms with Crippen molar-refractivity contribution in [1.29, 1.82) is 0 Å². The van der Waals surface area contributed by atoms with E-state index in [1.807, 2.05) is 19.2 Å². The average molecular weight is 147 g/mol. The second-order valence-corrected chi connectivity index (χ2v) is 3.07. The summed E-state index contributed by atoms with van der Waals surface area (Å²) in [7, 11) is 0. The monoisotopic (exact) mass is 147 g/mol. The first-order valence-corrected chi connectivity index (χ1v) is 3.87. The van der Waals surface area contributed by atoms with Gasteiger partial charge in [-0.3, -0.25) is 0 Å². The fraction of sp³-hybridized carbons (Fsp3) is 0.400. The number of aliphatic imine (C=N–C) groups is 1. The van der Waals surface area contributed by atoms with Crippen LogP contribution in [-0.2, 0) is 0 Å². The Labute approximate surface area is 67.8 Å². The molecule has 0 radical (unpaired) electrons. The van der Waals surface area contributed by atoms with Crippen LogP contribution in [0.15, 0.2) is 34.5 Å². The molecule has 0 aromatic heterocycles. The van der Waals surface area contributed by atoms with E-state index in [1.165, 1.54) is 11.1 Å². The van der Waals surface area contributed by atoms with Gasteiger partial charge in [0, 0.05) is 12.3 Å². The molecule has 0 aromatic carbocycles. The molecule has 0 fully saturated rings. The molecule has 0 aromatic rings. The predicted octanol–water partition coefficient (Wildman–Crippen LogP) is 2.71. The van der Waals surface area contributed by atoms with Gasteiger partial charge in [0.2, 0.25) is 0 Å². The lowest BCUT2D eigenvalue weighted by Gasteiger charge is -2.03. The van der Waals surface area contributed by atoms with Crippen LogP contribution in [0.3, 0.4) is 0 Å². The van der Waals surface area contributed by atoms with Crippen molar-refractivity contribution in [2.75, 3.05) is 0 Å². The highest BCUT2D eigenvalue weighted by atomic mass is 14.6. The number of rotatable bonds is 1. The van der Waals surface area contributed by atoms with Crippen LogP contribution in [0.2, 0.25) is 0 Å². The molecule has 0 spiro atoms. The van der Waals surface area contributed by atoms with Crippen LogP contribution in [0, 0.1) is 5.92 Å². The molecule has 1 rings (SSSR count). The fourth-order valence-electron chi connectivity index (χ4n) is 0.926. The van der Waals surface area contributed by atoms with Crippen molar-refractivity contribution >= 4 is 5.87 Å². The first-order chi connectivity index (χ1) is 5.20. The van der Waals surface area contributed by atoms with Gasteiger partial charge in [0.05, 0.1) is 0 Å². The normalized spacial score (nSPS) is 16.4. The molecule has 1 heteroatoms. The van der Waals surface area contributed by atoms with Gasteiger partial charge in [-0.05, 0) is 29.9 Å². The Balaban J connectivity index is 2.96. The van der Waals surface area contributed by atoms with Gasteiger partial charge in [-0.15, -0.1) is 0 Å². The smallest absolute Gasteiger partial charge is 0.0397 e. The van der Waals surface area contributed by atoms with E-state index in [9.17, 15) is 0 Å². The third-order valence-corrected chi connectivity index (χ3v) is 1.63. The van der Waals surface area contributed by atoms with E-state index in [-0.39, 0.29) is 0 Å². The molecule has 1 aliphatic rings. The number of nitrogens with zero attached hydrogens (tertiary/aromatic N) is 1. The molecule has 0 N–H and O–H groups in total. The van der Waals surface area contributed by atoms with Crippen LogP contribution >= 0.6 is 0 Å². The van der Waals surface area contributed by atoms with Crippen molar-refractivity contribution in [3.8, 4) is 0 Å². The summed E-state index contributed by atoms with van der Waals surface area (Å²) >= 11 is 0. The highest BCUT2D eigenvalue weighted by molar-refractivity contribution is 5.60. The van der Waals surface area contributed by atoms with Gasteiger partial charge in [0.25, 0.3) is 0 Å². The van der Waals surface area contributed by atoms with Crippen molar-refractivity contribution < 1.29 is 0 Å². The summed E-state index contributed by atoms with van der Waals surface area (Å²) in [5.41, 5.74) is 2.48. The molecule has 1 aliphatic heterocycles. The standard InChI is InChI=1S/C10H13N/c1-8(2)10-4-5-11-7-9(3)6-10/h4,6-8H,1-3H3. The van der Waals surface area contributed by atoms with Crippen LogP contribution < -0.4 is 0 Å². The second-order valence-electron chi connectivity index (χ2n) is 3.07. The van der Waals surface area contributed by atoms with Crippen molar-refractivity contribution in [2.45, 2.75) is 20.8 Å². The number of allylic oxidation sites excluding steroid dienone is 4. The van der Waals surface area contributed by atoms with E-state index in [2.05, 4.69) is 30.8 Å². The predicted molar refractivity (Wildman–Crippen MR) is 48.7 cm³/mol. The van der Waals surface area contributed by atoms with E-state index < -0.39 is 0 Å². The lowest BCUT2D eigenvalue weighted by Crippen LogP contribution is -1.90. The zero-order valence-electron chi connectivity index (χ0n) is 7.26. The summed E-state index contributed by atoms with van der Waals surface area (Å²) in [5, 5.41) is 0. The molecule has 0 amide bonds. The Bertz CT molecular complexity index is 261. The number of hydrogen-bond acceptors (Lipinski definition) is 1. The second kappa shape index (κ2) is 3.36. The summed E-state index contributed by atoms with van der Waals surface area (Å²) < 4.78 is 0. The van der Waals surface area contributed by atoms with E-state index >= 15 is 0 Å². The molecule has 1 heterocycles. The topological polar surface area (TPSA) is 12.4 Å². The maximum atomic E-state index is 3.96. The third kappa shape index (κ3) is 2.21. The molecule has 0 atom stereocenters. The molecule has 11 heavy (non-hydrogen) atoms. The maximum absolute atomic E-state index is 3.96. The quantitative estimate of drug-likeness (QED) is 0.540. The lowest BCUT2D eigenvalue weighted by atomic mass is 10.0. The molecule has 0 bridgehead atoms. The minimum atomic E-state index is 0.555. The highest BCUT2D eigenvalue weighted by Gasteiger charge is 1.99. The van der Waals surface area contributed by atoms with E-state index in [1.54, 1.807) is 0 Å². The first kappa shape index (κ1) is 8.03. The molecule has 1 nitrogen and oxygen atoms in total. The van der Waals surface area contributed by atoms with Crippen LogP contribution in [0.4, 0.5) is 0 Å². The Morgan fingerprint density at radius 3 is 2.82 bits per heavy atom. The Morgan fingerprint density at radius 2 is 2.18 bits per heavy atom. The molecular weight excluding hydrogens is 134 g/mol. The molecule has 0 aliphatic carbocycles. The molecular formula is C10H13N. The first-order valence-electron chi connectivity index (χ1n) is 3.87. The zero-order valence-corrected chi connectivity index (χ0v) is 7.26. The summed E-state index contributed by atoms with van der Waals surface area (Å²) in [6.45, 7) is 6.39. The Hall–Kier alpha value is -1.07. The number of hydrogen-bond donors (Lipinski definition) is 0.